The van der Waals surface area contributed by atoms with Crippen molar-refractivity contribution in [1.82, 2.24) is 0 Å². The highest BCUT2D eigenvalue weighted by molar-refractivity contribution is 5.77. The fourth-order valence-electron chi connectivity index (χ4n) is 0.967. The van der Waals surface area contributed by atoms with Crippen LogP contribution >= 0.6 is 0 Å². The molecule has 14 heavy (non-hydrogen) atoms. The van der Waals surface area contributed by atoms with E-state index in [-0.39, 0.29) is 6.61 Å². The third-order valence-electron chi connectivity index (χ3n) is 1.63. The molecule has 4 heteroatoms. The molecule has 0 aliphatic carbocycles. The van der Waals surface area contributed by atoms with E-state index in [0.29, 0.717) is 11.8 Å². The van der Waals surface area contributed by atoms with Gasteiger partial charge in [-0.15, -0.1) is 0 Å². The molecule has 1 atom stereocenters. The summed E-state index contributed by atoms with van der Waals surface area (Å²) in [5.74, 6) is -0.816. The van der Waals surface area contributed by atoms with Crippen molar-refractivity contribution in [1.29, 1.82) is 0 Å². The Balaban J connectivity index is 2.61. The largest absolute Gasteiger partial charge is 0.456 e. The van der Waals surface area contributed by atoms with Gasteiger partial charge in [0.25, 0.3) is 0 Å². The number of hydrogen-bond acceptors (Lipinski definition) is 4. The molecule has 1 aromatic rings. The number of aliphatic hydroxyl groups excluding tert-OH is 1. The zero-order valence-electron chi connectivity index (χ0n) is 7.42. The van der Waals surface area contributed by atoms with E-state index in [4.69, 9.17) is 0 Å². The third-order valence-corrected chi connectivity index (χ3v) is 1.63. The normalized spacial score (nSPS) is 11.8. The maximum absolute atomic E-state index is 11.1. The molecule has 74 valence electrons. The second-order valence-electron chi connectivity index (χ2n) is 2.61. The lowest BCUT2D eigenvalue weighted by Gasteiger charge is -2.08. The van der Waals surface area contributed by atoms with Gasteiger partial charge < -0.3 is 9.84 Å². The van der Waals surface area contributed by atoms with Crippen molar-refractivity contribution in [3.63, 3.8) is 0 Å². The van der Waals surface area contributed by atoms with Gasteiger partial charge in [-0.05, 0) is 5.56 Å². The van der Waals surface area contributed by atoms with Gasteiger partial charge in [0.1, 0.15) is 6.61 Å². The Bertz CT molecular complexity index is 307. The van der Waals surface area contributed by atoms with E-state index in [1.165, 1.54) is 0 Å². The van der Waals surface area contributed by atoms with Crippen LogP contribution in [0, 0.1) is 0 Å². The van der Waals surface area contributed by atoms with E-state index >= 15 is 0 Å². The summed E-state index contributed by atoms with van der Waals surface area (Å²) in [6, 6.07) is 8.38. The number of ether oxygens (including phenoxy) is 1. The van der Waals surface area contributed by atoms with Crippen molar-refractivity contribution < 1.29 is 19.4 Å². The highest BCUT2D eigenvalue weighted by Crippen LogP contribution is 2.12. The summed E-state index contributed by atoms with van der Waals surface area (Å²) >= 11 is 0. The van der Waals surface area contributed by atoms with Crippen molar-refractivity contribution in [2.24, 2.45) is 0 Å². The van der Waals surface area contributed by atoms with E-state index in [1.54, 1.807) is 30.3 Å². The number of aldehydes is 1. The summed E-state index contributed by atoms with van der Waals surface area (Å²) in [5.41, 5.74) is 0.448. The molecule has 0 unspecified atom stereocenters. The second kappa shape index (κ2) is 5.14. The predicted octanol–water partition coefficient (Wildman–Crippen LogP) is 0.462. The fraction of sp³-hybridized carbons (Fsp3) is 0.200. The molecule has 0 saturated heterocycles. The van der Waals surface area contributed by atoms with Crippen LogP contribution in [0.1, 0.15) is 11.7 Å². The molecule has 1 aromatic carbocycles. The van der Waals surface area contributed by atoms with Crippen LogP contribution in [-0.2, 0) is 14.3 Å². The molecule has 0 aromatic heterocycles. The van der Waals surface area contributed by atoms with Crippen LogP contribution in [0.5, 0.6) is 0 Å². The quantitative estimate of drug-likeness (QED) is 0.558. The van der Waals surface area contributed by atoms with Gasteiger partial charge in [-0.25, -0.2) is 4.79 Å². The standard InChI is InChI=1S/C10H10O4/c11-6-7-14-10(13)9(12)8-4-2-1-3-5-8/h1-6,9,12H,7H2/t9-/m0/s1. The van der Waals surface area contributed by atoms with Crippen LogP contribution in [0.4, 0.5) is 0 Å². The van der Waals surface area contributed by atoms with Gasteiger partial charge in [0.05, 0.1) is 0 Å². The minimum atomic E-state index is -1.32. The fourth-order valence-corrected chi connectivity index (χ4v) is 0.967. The summed E-state index contributed by atoms with van der Waals surface area (Å²) in [6.07, 6.45) is -0.869. The monoisotopic (exact) mass is 194 g/mol. The van der Waals surface area contributed by atoms with E-state index in [0.717, 1.165) is 0 Å². The zero-order valence-corrected chi connectivity index (χ0v) is 7.42. The highest BCUT2D eigenvalue weighted by atomic mass is 16.5. The molecule has 1 N–H and O–H groups in total. The Labute approximate surface area is 81.1 Å². The molecule has 0 aliphatic rings. The summed E-state index contributed by atoms with van der Waals surface area (Å²) < 4.78 is 4.45. The highest BCUT2D eigenvalue weighted by Gasteiger charge is 2.17. The topological polar surface area (TPSA) is 63.6 Å². The number of aliphatic hydroxyl groups is 1. The summed E-state index contributed by atoms with van der Waals surface area (Å²) in [5, 5.41) is 9.43. The lowest BCUT2D eigenvalue weighted by Crippen LogP contribution is -2.16. The zero-order chi connectivity index (χ0) is 10.4. The van der Waals surface area contributed by atoms with Crippen LogP contribution in [0.3, 0.4) is 0 Å². The molecule has 0 bridgehead atoms. The smallest absolute Gasteiger partial charge is 0.340 e. The first kappa shape index (κ1) is 10.4. The molecule has 0 spiro atoms. The molecular weight excluding hydrogens is 184 g/mol. The van der Waals surface area contributed by atoms with Crippen LogP contribution in [0.25, 0.3) is 0 Å². The Morgan fingerprint density at radius 3 is 2.64 bits per heavy atom. The first-order valence-corrected chi connectivity index (χ1v) is 4.09. The van der Waals surface area contributed by atoms with Crippen LogP contribution in [-0.4, -0.2) is 24.0 Å². The maximum atomic E-state index is 11.1. The van der Waals surface area contributed by atoms with Gasteiger partial charge in [-0.3, -0.25) is 4.79 Å². The molecule has 0 fully saturated rings. The van der Waals surface area contributed by atoms with Gasteiger partial charge in [0, 0.05) is 0 Å². The van der Waals surface area contributed by atoms with Gasteiger partial charge in [0.15, 0.2) is 12.4 Å². The molecule has 4 nitrogen and oxygen atoms in total. The third kappa shape index (κ3) is 2.67. The molecular formula is C10H10O4. The summed E-state index contributed by atoms with van der Waals surface area (Å²) in [4.78, 5) is 21.0. The molecule has 0 amide bonds. The number of esters is 1. The van der Waals surface area contributed by atoms with E-state index in [2.05, 4.69) is 4.74 Å². The Morgan fingerprint density at radius 2 is 2.07 bits per heavy atom. The van der Waals surface area contributed by atoms with Crippen molar-refractivity contribution >= 4 is 12.3 Å². The Hall–Kier alpha value is -1.68. The van der Waals surface area contributed by atoms with Crippen LogP contribution in [0.2, 0.25) is 0 Å². The van der Waals surface area contributed by atoms with Gasteiger partial charge in [-0.2, -0.15) is 0 Å². The number of carbonyl (C=O) groups excluding carboxylic acids is 2. The number of carbonyl (C=O) groups is 2. The molecule has 0 aliphatic heterocycles. The maximum Gasteiger partial charge on any atom is 0.340 e. The molecule has 1 rings (SSSR count). The molecule has 0 radical (unpaired) electrons. The lowest BCUT2D eigenvalue weighted by atomic mass is 10.1. The second-order valence-corrected chi connectivity index (χ2v) is 2.61. The number of benzene rings is 1. The SMILES string of the molecule is O=CCOC(=O)[C@@H](O)c1ccccc1. The summed E-state index contributed by atoms with van der Waals surface area (Å²) in [6.45, 7) is -0.331. The number of hydrogen-bond donors (Lipinski definition) is 1. The van der Waals surface area contributed by atoms with E-state index in [9.17, 15) is 14.7 Å². The Morgan fingerprint density at radius 1 is 1.43 bits per heavy atom. The van der Waals surface area contributed by atoms with Gasteiger partial charge in [-0.1, -0.05) is 30.3 Å². The molecule has 0 saturated carbocycles. The van der Waals surface area contributed by atoms with Gasteiger partial charge >= 0.3 is 5.97 Å². The van der Waals surface area contributed by atoms with E-state index in [1.807, 2.05) is 0 Å². The molecule has 0 heterocycles. The van der Waals surface area contributed by atoms with Crippen molar-refractivity contribution in [3.05, 3.63) is 35.9 Å². The Kier molecular flexibility index (Phi) is 3.82. The number of rotatable bonds is 4. The predicted molar refractivity (Wildman–Crippen MR) is 48.4 cm³/mol. The van der Waals surface area contributed by atoms with Crippen LogP contribution in [0.15, 0.2) is 30.3 Å². The van der Waals surface area contributed by atoms with Crippen LogP contribution < -0.4 is 0 Å². The summed E-state index contributed by atoms with van der Waals surface area (Å²) in [7, 11) is 0. The first-order valence-electron chi connectivity index (χ1n) is 4.09. The minimum absolute atomic E-state index is 0.331. The minimum Gasteiger partial charge on any atom is -0.456 e. The first-order chi connectivity index (χ1) is 6.75. The van der Waals surface area contributed by atoms with E-state index < -0.39 is 12.1 Å². The average Bonchev–Trinajstić information content (AvgIpc) is 2.26. The van der Waals surface area contributed by atoms with Crippen molar-refractivity contribution in [3.8, 4) is 0 Å². The lowest BCUT2D eigenvalue weighted by molar-refractivity contribution is -0.155. The van der Waals surface area contributed by atoms with Crippen molar-refractivity contribution in [2.45, 2.75) is 6.10 Å². The van der Waals surface area contributed by atoms with Gasteiger partial charge in [0.2, 0.25) is 0 Å². The average molecular weight is 194 g/mol. The van der Waals surface area contributed by atoms with Crippen molar-refractivity contribution in [2.75, 3.05) is 6.61 Å².